The Balaban J connectivity index is 1.69. The lowest BCUT2D eigenvalue weighted by molar-refractivity contribution is 0.0773. The van der Waals surface area contributed by atoms with E-state index in [2.05, 4.69) is 31.2 Å². The van der Waals surface area contributed by atoms with E-state index >= 15 is 0 Å². The van der Waals surface area contributed by atoms with Crippen molar-refractivity contribution in [1.82, 2.24) is 4.90 Å². The number of hydrogen-bond donors (Lipinski definition) is 0. The van der Waals surface area contributed by atoms with E-state index < -0.39 is 0 Å². The number of nitrogens with zero attached hydrogens (tertiary/aromatic N) is 1. The van der Waals surface area contributed by atoms with Gasteiger partial charge in [-0.05, 0) is 44.0 Å². The van der Waals surface area contributed by atoms with Crippen molar-refractivity contribution in [1.29, 1.82) is 0 Å². The Morgan fingerprint density at radius 1 is 0.913 bits per heavy atom. The highest BCUT2D eigenvalue weighted by molar-refractivity contribution is 5.94. The van der Waals surface area contributed by atoms with E-state index in [9.17, 15) is 4.79 Å². The van der Waals surface area contributed by atoms with E-state index in [4.69, 9.17) is 4.74 Å². The Kier molecular flexibility index (Phi) is 4.49. The summed E-state index contributed by atoms with van der Waals surface area (Å²) in [6.45, 7) is 7.55. The zero-order valence-electron chi connectivity index (χ0n) is 14.0. The lowest BCUT2D eigenvalue weighted by atomic mass is 10.0. The van der Waals surface area contributed by atoms with Crippen LogP contribution in [0.4, 0.5) is 0 Å². The minimum Gasteiger partial charge on any atom is -0.359 e. The van der Waals surface area contributed by atoms with Crippen LogP contribution in [0.1, 0.15) is 53.1 Å². The zero-order valence-corrected chi connectivity index (χ0v) is 14.0. The van der Waals surface area contributed by atoms with Gasteiger partial charge in [-0.2, -0.15) is 0 Å². The summed E-state index contributed by atoms with van der Waals surface area (Å²) in [6, 6.07) is 16.3. The van der Waals surface area contributed by atoms with Crippen molar-refractivity contribution >= 4 is 5.91 Å². The van der Waals surface area contributed by atoms with Crippen LogP contribution in [0.3, 0.4) is 0 Å². The Bertz CT molecular complexity index is 672. The van der Waals surface area contributed by atoms with E-state index in [1.54, 1.807) is 0 Å². The second-order valence-electron chi connectivity index (χ2n) is 5.99. The van der Waals surface area contributed by atoms with E-state index in [0.29, 0.717) is 0 Å². The van der Waals surface area contributed by atoms with Gasteiger partial charge >= 0.3 is 0 Å². The molecule has 1 aliphatic rings. The topological polar surface area (TPSA) is 32.8 Å². The van der Waals surface area contributed by atoms with Crippen LogP contribution in [0, 0.1) is 6.92 Å². The fourth-order valence-corrected chi connectivity index (χ4v) is 2.88. The molecule has 2 atom stereocenters. The van der Waals surface area contributed by atoms with E-state index in [1.165, 1.54) is 11.1 Å². The van der Waals surface area contributed by atoms with Crippen molar-refractivity contribution in [3.63, 3.8) is 0 Å². The molecule has 0 N–H and O–H groups in total. The van der Waals surface area contributed by atoms with Gasteiger partial charge in [0, 0.05) is 18.7 Å². The summed E-state index contributed by atoms with van der Waals surface area (Å²) in [4.78, 5) is 14.1. The standard InChI is InChI=1S/C20H23NO2/c1-4-21(5-2)20(22)17-12-10-16(11-13-17)19-18(23-19)15-8-6-14(3)7-9-15/h6-13,18-19H,4-5H2,1-3H3/t18-,19-/m0/s1. The molecule has 0 radical (unpaired) electrons. The molecule has 3 nitrogen and oxygen atoms in total. The molecule has 23 heavy (non-hydrogen) atoms. The van der Waals surface area contributed by atoms with Crippen LogP contribution >= 0.6 is 0 Å². The molecule has 1 saturated heterocycles. The van der Waals surface area contributed by atoms with Gasteiger partial charge in [-0.3, -0.25) is 4.79 Å². The molecule has 0 spiro atoms. The van der Waals surface area contributed by atoms with Crippen LogP contribution in [-0.2, 0) is 4.74 Å². The van der Waals surface area contributed by atoms with E-state index in [0.717, 1.165) is 24.2 Å². The summed E-state index contributed by atoms with van der Waals surface area (Å²) in [7, 11) is 0. The van der Waals surface area contributed by atoms with Crippen molar-refractivity contribution in [2.24, 2.45) is 0 Å². The predicted molar refractivity (Wildman–Crippen MR) is 91.4 cm³/mol. The largest absolute Gasteiger partial charge is 0.359 e. The molecule has 1 aliphatic heterocycles. The SMILES string of the molecule is CCN(CC)C(=O)c1ccc([C@@H]2O[C@H]2c2ccc(C)cc2)cc1. The number of carbonyl (C=O) groups excluding carboxylic acids is 1. The molecule has 2 aromatic carbocycles. The Hall–Kier alpha value is -2.13. The normalized spacial score (nSPS) is 19.4. The zero-order chi connectivity index (χ0) is 16.4. The summed E-state index contributed by atoms with van der Waals surface area (Å²) in [5.74, 6) is 0.0911. The third-order valence-corrected chi connectivity index (χ3v) is 4.43. The molecule has 1 heterocycles. The van der Waals surface area contributed by atoms with Gasteiger partial charge < -0.3 is 9.64 Å². The second kappa shape index (κ2) is 6.55. The van der Waals surface area contributed by atoms with Crippen LogP contribution in [0.25, 0.3) is 0 Å². The molecule has 2 aromatic rings. The molecule has 1 amide bonds. The van der Waals surface area contributed by atoms with E-state index in [1.807, 2.05) is 43.0 Å². The van der Waals surface area contributed by atoms with Gasteiger partial charge in [0.2, 0.25) is 0 Å². The third kappa shape index (κ3) is 3.30. The van der Waals surface area contributed by atoms with Crippen LogP contribution in [0.5, 0.6) is 0 Å². The number of rotatable bonds is 5. The predicted octanol–water partition coefficient (Wildman–Crippen LogP) is 4.29. The summed E-state index contributed by atoms with van der Waals surface area (Å²) in [6.07, 6.45) is 0.246. The number of hydrogen-bond acceptors (Lipinski definition) is 2. The fourth-order valence-electron chi connectivity index (χ4n) is 2.88. The lowest BCUT2D eigenvalue weighted by Gasteiger charge is -2.18. The van der Waals surface area contributed by atoms with Gasteiger partial charge in [-0.1, -0.05) is 42.0 Å². The molecule has 0 unspecified atom stereocenters. The molecule has 0 aliphatic carbocycles. The molecular weight excluding hydrogens is 286 g/mol. The average Bonchev–Trinajstić information content (AvgIpc) is 3.37. The van der Waals surface area contributed by atoms with Crippen LogP contribution in [0.2, 0.25) is 0 Å². The number of amides is 1. The summed E-state index contributed by atoms with van der Waals surface area (Å²) < 4.78 is 5.82. The van der Waals surface area contributed by atoms with Gasteiger partial charge in [-0.15, -0.1) is 0 Å². The van der Waals surface area contributed by atoms with Crippen molar-refractivity contribution in [2.45, 2.75) is 33.0 Å². The molecule has 0 aromatic heterocycles. The molecular formula is C20H23NO2. The fraction of sp³-hybridized carbons (Fsp3) is 0.350. The minimum absolute atomic E-state index is 0.0911. The summed E-state index contributed by atoms with van der Waals surface area (Å²) in [5, 5.41) is 0. The van der Waals surface area contributed by atoms with Gasteiger partial charge in [-0.25, -0.2) is 0 Å². The summed E-state index contributed by atoms with van der Waals surface area (Å²) >= 11 is 0. The van der Waals surface area contributed by atoms with Gasteiger partial charge in [0.1, 0.15) is 12.2 Å². The molecule has 3 rings (SSSR count). The molecule has 0 saturated carbocycles. The number of benzene rings is 2. The van der Waals surface area contributed by atoms with Gasteiger partial charge in [0.15, 0.2) is 0 Å². The third-order valence-electron chi connectivity index (χ3n) is 4.43. The van der Waals surface area contributed by atoms with Gasteiger partial charge in [0.05, 0.1) is 0 Å². The maximum atomic E-state index is 12.3. The average molecular weight is 309 g/mol. The van der Waals surface area contributed by atoms with Crippen molar-refractivity contribution < 1.29 is 9.53 Å². The Morgan fingerprint density at radius 2 is 1.39 bits per heavy atom. The van der Waals surface area contributed by atoms with Crippen molar-refractivity contribution in [2.75, 3.05) is 13.1 Å². The number of aryl methyl sites for hydroxylation is 1. The van der Waals surface area contributed by atoms with E-state index in [-0.39, 0.29) is 18.1 Å². The number of ether oxygens (including phenoxy) is 1. The first-order valence-corrected chi connectivity index (χ1v) is 8.25. The van der Waals surface area contributed by atoms with Crippen molar-refractivity contribution in [3.8, 4) is 0 Å². The highest BCUT2D eigenvalue weighted by Gasteiger charge is 2.41. The first-order chi connectivity index (χ1) is 11.1. The molecule has 3 heteroatoms. The number of carbonyl (C=O) groups is 1. The van der Waals surface area contributed by atoms with Gasteiger partial charge in [0.25, 0.3) is 5.91 Å². The number of epoxide rings is 1. The maximum Gasteiger partial charge on any atom is 0.253 e. The minimum atomic E-state index is 0.0911. The smallest absolute Gasteiger partial charge is 0.253 e. The monoisotopic (exact) mass is 309 g/mol. The first kappa shape index (κ1) is 15.8. The molecule has 0 bridgehead atoms. The highest BCUT2D eigenvalue weighted by atomic mass is 16.6. The highest BCUT2D eigenvalue weighted by Crippen LogP contribution is 2.50. The quantitative estimate of drug-likeness (QED) is 0.772. The Labute approximate surface area is 137 Å². The lowest BCUT2D eigenvalue weighted by Crippen LogP contribution is -2.30. The summed E-state index contributed by atoms with van der Waals surface area (Å²) in [5.41, 5.74) is 4.34. The second-order valence-corrected chi connectivity index (χ2v) is 5.99. The maximum absolute atomic E-state index is 12.3. The van der Waals surface area contributed by atoms with Crippen molar-refractivity contribution in [3.05, 3.63) is 70.8 Å². The molecule has 1 fully saturated rings. The molecule has 120 valence electrons. The van der Waals surface area contributed by atoms with Crippen LogP contribution in [0.15, 0.2) is 48.5 Å². The first-order valence-electron chi connectivity index (χ1n) is 8.25. The van der Waals surface area contributed by atoms with Crippen LogP contribution in [-0.4, -0.2) is 23.9 Å². The Morgan fingerprint density at radius 3 is 1.87 bits per heavy atom. The van der Waals surface area contributed by atoms with Crippen LogP contribution < -0.4 is 0 Å².